The highest BCUT2D eigenvalue weighted by molar-refractivity contribution is 7.86. The zero-order valence-corrected chi connectivity index (χ0v) is 15.1. The van der Waals surface area contributed by atoms with Crippen LogP contribution in [0.5, 0.6) is 0 Å². The van der Waals surface area contributed by atoms with Crippen molar-refractivity contribution in [2.24, 2.45) is 0 Å². The fourth-order valence-electron chi connectivity index (χ4n) is 2.41. The van der Waals surface area contributed by atoms with Crippen molar-refractivity contribution in [3.63, 3.8) is 0 Å². The number of hydrogen-bond donors (Lipinski definition) is 0. The van der Waals surface area contributed by atoms with Gasteiger partial charge in [-0.25, -0.2) is 4.18 Å². The van der Waals surface area contributed by atoms with E-state index >= 15 is 0 Å². The van der Waals surface area contributed by atoms with Crippen LogP contribution in [-0.4, -0.2) is 14.6 Å². The monoisotopic (exact) mass is 372 g/mol. The van der Waals surface area contributed by atoms with E-state index in [9.17, 15) is 21.6 Å². The molecule has 7 heteroatoms. The molecule has 0 aliphatic carbocycles. The van der Waals surface area contributed by atoms with Crippen LogP contribution in [0.25, 0.3) is 0 Å². The number of alkyl halides is 3. The Morgan fingerprint density at radius 3 is 1.84 bits per heavy atom. The van der Waals surface area contributed by atoms with Gasteiger partial charge in [0.25, 0.3) is 10.1 Å². The minimum atomic E-state index is -4.87. The summed E-state index contributed by atoms with van der Waals surface area (Å²) in [5, 5.41) is 0. The summed E-state index contributed by atoms with van der Waals surface area (Å²) < 4.78 is 69.7. The third-order valence-electron chi connectivity index (χ3n) is 4.08. The second-order valence-electron chi connectivity index (χ2n) is 6.06. The van der Waals surface area contributed by atoms with Gasteiger partial charge in [0.05, 0.1) is 4.90 Å². The van der Waals surface area contributed by atoms with Crippen LogP contribution in [0.2, 0.25) is 0 Å². The van der Waals surface area contributed by atoms with Crippen LogP contribution >= 0.6 is 0 Å². The standard InChI is InChI=1S/C18H19F3O3S/c1-11-5-7-16(8-6-11)25(22,23)24-17(18(19,20)21)15-9-12(2)14(4)13(3)10-15/h5-10,17H,1-4H3. The average Bonchev–Trinajstić information content (AvgIpc) is 2.49. The molecule has 1 unspecified atom stereocenters. The summed E-state index contributed by atoms with van der Waals surface area (Å²) in [6.07, 6.45) is -7.43. The molecule has 2 aromatic rings. The molecule has 0 amide bonds. The average molecular weight is 372 g/mol. The third-order valence-corrected chi connectivity index (χ3v) is 5.38. The third kappa shape index (κ3) is 4.41. The van der Waals surface area contributed by atoms with Gasteiger partial charge in [-0.15, -0.1) is 0 Å². The summed E-state index contributed by atoms with van der Waals surface area (Å²) in [6, 6.07) is 8.07. The molecule has 3 nitrogen and oxygen atoms in total. The SMILES string of the molecule is Cc1ccc(S(=O)(=O)OC(c2cc(C)c(C)c(C)c2)C(F)(F)F)cc1. The zero-order valence-electron chi connectivity index (χ0n) is 14.3. The number of benzene rings is 2. The van der Waals surface area contributed by atoms with Crippen LogP contribution in [0, 0.1) is 27.7 Å². The Balaban J connectivity index is 2.48. The van der Waals surface area contributed by atoms with Crippen molar-refractivity contribution in [3.05, 3.63) is 64.2 Å². The number of halogens is 3. The van der Waals surface area contributed by atoms with Crippen molar-refractivity contribution in [1.29, 1.82) is 0 Å². The first-order valence-corrected chi connectivity index (χ1v) is 8.97. The van der Waals surface area contributed by atoms with Gasteiger partial charge in [0.15, 0.2) is 6.10 Å². The smallest absolute Gasteiger partial charge is 0.248 e. The fraction of sp³-hybridized carbons (Fsp3) is 0.333. The molecule has 0 fully saturated rings. The minimum Gasteiger partial charge on any atom is -0.248 e. The van der Waals surface area contributed by atoms with Crippen LogP contribution in [0.4, 0.5) is 13.2 Å². The highest BCUT2D eigenvalue weighted by Gasteiger charge is 2.45. The first-order chi connectivity index (χ1) is 11.4. The lowest BCUT2D eigenvalue weighted by Gasteiger charge is -2.22. The molecule has 136 valence electrons. The van der Waals surface area contributed by atoms with Crippen molar-refractivity contribution in [3.8, 4) is 0 Å². The molecule has 25 heavy (non-hydrogen) atoms. The van der Waals surface area contributed by atoms with Gasteiger partial charge in [-0.3, -0.25) is 0 Å². The normalized spacial score (nSPS) is 13.7. The van der Waals surface area contributed by atoms with Gasteiger partial charge < -0.3 is 0 Å². The maximum absolute atomic E-state index is 13.5. The molecule has 0 spiro atoms. The Kier molecular flexibility index (Phi) is 5.30. The maximum Gasteiger partial charge on any atom is 0.420 e. The van der Waals surface area contributed by atoms with Crippen LogP contribution in [0.1, 0.15) is 33.9 Å². The van der Waals surface area contributed by atoms with Gasteiger partial charge in [0.2, 0.25) is 0 Å². The van der Waals surface area contributed by atoms with Crippen molar-refractivity contribution in [2.75, 3.05) is 0 Å². The van der Waals surface area contributed by atoms with Crippen LogP contribution in [0.15, 0.2) is 41.3 Å². The number of hydrogen-bond acceptors (Lipinski definition) is 3. The fourth-order valence-corrected chi connectivity index (χ4v) is 3.46. The van der Waals surface area contributed by atoms with Gasteiger partial charge in [0, 0.05) is 0 Å². The quantitative estimate of drug-likeness (QED) is 0.715. The lowest BCUT2D eigenvalue weighted by Crippen LogP contribution is -2.26. The number of aryl methyl sites for hydroxylation is 3. The molecule has 0 N–H and O–H groups in total. The van der Waals surface area contributed by atoms with Crippen molar-refractivity contribution in [2.45, 2.75) is 44.9 Å². The highest BCUT2D eigenvalue weighted by Crippen LogP contribution is 2.39. The van der Waals surface area contributed by atoms with Gasteiger partial charge in [0.1, 0.15) is 0 Å². The molecule has 0 aliphatic rings. The molecular formula is C18H19F3O3S. The summed E-state index contributed by atoms with van der Waals surface area (Å²) >= 11 is 0. The Morgan fingerprint density at radius 2 is 1.40 bits per heavy atom. The van der Waals surface area contributed by atoms with Gasteiger partial charge in [-0.2, -0.15) is 21.6 Å². The zero-order chi connectivity index (χ0) is 19.0. The van der Waals surface area contributed by atoms with E-state index in [4.69, 9.17) is 0 Å². The minimum absolute atomic E-state index is 0.233. The summed E-state index contributed by atoms with van der Waals surface area (Å²) in [5.41, 5.74) is 2.69. The molecule has 2 rings (SSSR count). The Hall–Kier alpha value is -1.86. The predicted molar refractivity (Wildman–Crippen MR) is 88.9 cm³/mol. The molecule has 0 aliphatic heterocycles. The molecule has 0 saturated carbocycles. The van der Waals surface area contributed by atoms with E-state index in [1.807, 2.05) is 0 Å². The Morgan fingerprint density at radius 1 is 0.920 bits per heavy atom. The van der Waals surface area contributed by atoms with E-state index in [0.717, 1.165) is 11.1 Å². The number of rotatable bonds is 4. The molecule has 0 radical (unpaired) electrons. The van der Waals surface area contributed by atoms with Crippen molar-refractivity contribution >= 4 is 10.1 Å². The van der Waals surface area contributed by atoms with E-state index in [2.05, 4.69) is 4.18 Å². The maximum atomic E-state index is 13.5. The van der Waals surface area contributed by atoms with Crippen LogP contribution in [0.3, 0.4) is 0 Å². The topological polar surface area (TPSA) is 43.4 Å². The van der Waals surface area contributed by atoms with Gasteiger partial charge in [-0.05, 0) is 62.1 Å². The molecule has 0 saturated heterocycles. The van der Waals surface area contributed by atoms with Gasteiger partial charge in [-0.1, -0.05) is 29.8 Å². The molecule has 0 bridgehead atoms. The van der Waals surface area contributed by atoms with E-state index in [1.54, 1.807) is 27.7 Å². The second kappa shape index (κ2) is 6.80. The lowest BCUT2D eigenvalue weighted by molar-refractivity contribution is -0.196. The van der Waals surface area contributed by atoms with Crippen LogP contribution < -0.4 is 0 Å². The lowest BCUT2D eigenvalue weighted by atomic mass is 9.98. The highest BCUT2D eigenvalue weighted by atomic mass is 32.2. The van der Waals surface area contributed by atoms with Crippen LogP contribution in [-0.2, 0) is 14.3 Å². The summed E-state index contributed by atoms with van der Waals surface area (Å²) in [6.45, 7) is 6.88. The molecule has 0 aromatic heterocycles. The predicted octanol–water partition coefficient (Wildman–Crippen LogP) is 4.93. The largest absolute Gasteiger partial charge is 0.420 e. The summed E-state index contributed by atoms with van der Waals surface area (Å²) in [4.78, 5) is -0.312. The molecule has 2 aromatic carbocycles. The Labute approximate surface area is 145 Å². The van der Waals surface area contributed by atoms with E-state index < -0.39 is 22.4 Å². The van der Waals surface area contributed by atoms with E-state index in [-0.39, 0.29) is 10.5 Å². The first-order valence-electron chi connectivity index (χ1n) is 7.56. The van der Waals surface area contributed by atoms with Crippen molar-refractivity contribution < 1.29 is 25.8 Å². The molecule has 1 atom stereocenters. The molecular weight excluding hydrogens is 353 g/mol. The first kappa shape index (κ1) is 19.5. The summed E-state index contributed by atoms with van der Waals surface area (Å²) in [5.74, 6) is 0. The van der Waals surface area contributed by atoms with E-state index in [0.29, 0.717) is 11.1 Å². The summed E-state index contributed by atoms with van der Waals surface area (Å²) in [7, 11) is -4.56. The second-order valence-corrected chi connectivity index (χ2v) is 7.64. The Bertz CT molecular complexity index is 846. The van der Waals surface area contributed by atoms with E-state index in [1.165, 1.54) is 36.4 Å². The van der Waals surface area contributed by atoms with Gasteiger partial charge >= 0.3 is 6.18 Å². The van der Waals surface area contributed by atoms with Crippen molar-refractivity contribution in [1.82, 2.24) is 0 Å². The molecule has 0 heterocycles.